The van der Waals surface area contributed by atoms with Crippen molar-refractivity contribution < 1.29 is 4.79 Å². The second-order valence-electron chi connectivity index (χ2n) is 7.21. The molecule has 0 aliphatic carbocycles. The summed E-state index contributed by atoms with van der Waals surface area (Å²) in [6, 6.07) is 16.8. The fourth-order valence-electron chi connectivity index (χ4n) is 3.70. The summed E-state index contributed by atoms with van der Waals surface area (Å²) in [6.45, 7) is 7.46. The number of aryl methyl sites for hydroxylation is 1. The first-order chi connectivity index (χ1) is 12.7. The number of carbonyl (C=O) groups is 1. The Hall–Kier alpha value is -2.43. The third kappa shape index (κ3) is 3.71. The molecular formula is C22H25N3O. The van der Waals surface area contributed by atoms with Crippen molar-refractivity contribution in [2.24, 2.45) is 0 Å². The van der Waals surface area contributed by atoms with Gasteiger partial charge in [0.2, 0.25) is 0 Å². The molecule has 1 aromatic heterocycles. The van der Waals surface area contributed by atoms with Crippen molar-refractivity contribution in [3.63, 3.8) is 0 Å². The number of fused-ring (bicyclic) bond motifs is 1. The SMILES string of the molecule is Cc1ccc2[nH]cc(C(=O)CN3CCN(Cc4ccccc4)CC3)c2c1. The summed E-state index contributed by atoms with van der Waals surface area (Å²) in [5.41, 5.74) is 4.38. The fraction of sp³-hybridized carbons (Fsp3) is 0.318. The molecule has 0 saturated carbocycles. The maximum absolute atomic E-state index is 12.8. The highest BCUT2D eigenvalue weighted by atomic mass is 16.1. The summed E-state index contributed by atoms with van der Waals surface area (Å²) in [5.74, 6) is 0.207. The molecule has 1 saturated heterocycles. The zero-order valence-corrected chi connectivity index (χ0v) is 15.2. The van der Waals surface area contributed by atoms with Crippen LogP contribution in [0.1, 0.15) is 21.5 Å². The number of rotatable bonds is 5. The summed E-state index contributed by atoms with van der Waals surface area (Å²) in [7, 11) is 0. The van der Waals surface area contributed by atoms with Crippen LogP contribution < -0.4 is 0 Å². The number of nitrogens with zero attached hydrogens (tertiary/aromatic N) is 2. The van der Waals surface area contributed by atoms with E-state index in [4.69, 9.17) is 0 Å². The number of Topliss-reactive ketones (excluding diaryl/α,β-unsaturated/α-hetero) is 1. The molecule has 2 heterocycles. The Balaban J connectivity index is 1.35. The summed E-state index contributed by atoms with van der Waals surface area (Å²) in [4.78, 5) is 20.8. The Kier molecular flexibility index (Phi) is 4.87. The molecule has 1 N–H and O–H groups in total. The Bertz CT molecular complexity index is 892. The second-order valence-corrected chi connectivity index (χ2v) is 7.21. The second kappa shape index (κ2) is 7.44. The van der Waals surface area contributed by atoms with Crippen molar-refractivity contribution in [3.8, 4) is 0 Å². The molecule has 0 spiro atoms. The Labute approximate surface area is 154 Å². The van der Waals surface area contributed by atoms with Crippen molar-refractivity contribution in [2.75, 3.05) is 32.7 Å². The number of benzene rings is 2. The molecule has 2 aromatic carbocycles. The van der Waals surface area contributed by atoms with E-state index < -0.39 is 0 Å². The van der Waals surface area contributed by atoms with Gasteiger partial charge < -0.3 is 4.98 Å². The van der Waals surface area contributed by atoms with E-state index in [1.165, 1.54) is 11.1 Å². The van der Waals surface area contributed by atoms with E-state index in [9.17, 15) is 4.79 Å². The van der Waals surface area contributed by atoms with Crippen molar-refractivity contribution in [2.45, 2.75) is 13.5 Å². The number of aromatic nitrogens is 1. The van der Waals surface area contributed by atoms with E-state index in [2.05, 4.69) is 64.2 Å². The fourth-order valence-corrected chi connectivity index (χ4v) is 3.70. The molecular weight excluding hydrogens is 322 g/mol. The average molecular weight is 347 g/mol. The summed E-state index contributed by atoms with van der Waals surface area (Å²) in [5, 5.41) is 1.04. The minimum atomic E-state index is 0.207. The standard InChI is InChI=1S/C22H25N3O/c1-17-7-8-21-19(13-17)20(14-23-21)22(26)16-25-11-9-24(10-12-25)15-18-5-3-2-4-6-18/h2-8,13-14,23H,9-12,15-16H2,1H3. The third-order valence-corrected chi connectivity index (χ3v) is 5.22. The molecule has 0 bridgehead atoms. The van der Waals surface area contributed by atoms with Crippen LogP contribution in [0.15, 0.2) is 54.7 Å². The predicted octanol–water partition coefficient (Wildman–Crippen LogP) is 3.48. The average Bonchev–Trinajstić information content (AvgIpc) is 3.07. The largest absolute Gasteiger partial charge is 0.360 e. The summed E-state index contributed by atoms with van der Waals surface area (Å²) in [6.07, 6.45) is 1.86. The van der Waals surface area contributed by atoms with Crippen LogP contribution in [-0.4, -0.2) is 53.3 Å². The molecule has 4 rings (SSSR count). The van der Waals surface area contributed by atoms with E-state index >= 15 is 0 Å². The van der Waals surface area contributed by atoms with Crippen LogP contribution >= 0.6 is 0 Å². The first-order valence-electron chi connectivity index (χ1n) is 9.28. The van der Waals surface area contributed by atoms with Gasteiger partial charge in [0.1, 0.15) is 0 Å². The quantitative estimate of drug-likeness (QED) is 0.718. The zero-order valence-electron chi connectivity index (χ0n) is 15.2. The lowest BCUT2D eigenvalue weighted by Gasteiger charge is -2.34. The molecule has 4 nitrogen and oxygen atoms in total. The molecule has 0 unspecified atom stereocenters. The van der Waals surface area contributed by atoms with Crippen molar-refractivity contribution in [3.05, 3.63) is 71.4 Å². The van der Waals surface area contributed by atoms with E-state index in [1.54, 1.807) is 0 Å². The number of H-pyrrole nitrogens is 1. The van der Waals surface area contributed by atoms with Gasteiger partial charge in [0, 0.05) is 55.4 Å². The molecule has 3 aromatic rings. The first kappa shape index (κ1) is 17.0. The first-order valence-corrected chi connectivity index (χ1v) is 9.28. The Morgan fingerprint density at radius 3 is 2.50 bits per heavy atom. The highest BCUT2D eigenvalue weighted by Crippen LogP contribution is 2.20. The minimum absolute atomic E-state index is 0.207. The smallest absolute Gasteiger partial charge is 0.178 e. The molecule has 4 heteroatoms. The topological polar surface area (TPSA) is 39.3 Å². The molecule has 134 valence electrons. The highest BCUT2D eigenvalue weighted by Gasteiger charge is 2.21. The number of ketones is 1. The van der Waals surface area contributed by atoms with Crippen molar-refractivity contribution in [1.82, 2.24) is 14.8 Å². The zero-order chi connectivity index (χ0) is 17.9. The van der Waals surface area contributed by atoms with Crippen LogP contribution in [0, 0.1) is 6.92 Å². The van der Waals surface area contributed by atoms with Gasteiger partial charge in [-0.15, -0.1) is 0 Å². The number of piperazine rings is 1. The number of aromatic amines is 1. The molecule has 0 radical (unpaired) electrons. The highest BCUT2D eigenvalue weighted by molar-refractivity contribution is 6.08. The summed E-state index contributed by atoms with van der Waals surface area (Å²) < 4.78 is 0. The van der Waals surface area contributed by atoms with Crippen molar-refractivity contribution in [1.29, 1.82) is 0 Å². The van der Waals surface area contributed by atoms with Gasteiger partial charge in [-0.3, -0.25) is 14.6 Å². The van der Waals surface area contributed by atoms with Crippen LogP contribution in [0.3, 0.4) is 0 Å². The Morgan fingerprint density at radius 1 is 1.00 bits per heavy atom. The van der Waals surface area contributed by atoms with Crippen LogP contribution in [0.5, 0.6) is 0 Å². The monoisotopic (exact) mass is 347 g/mol. The molecule has 1 fully saturated rings. The third-order valence-electron chi connectivity index (χ3n) is 5.22. The van der Waals surface area contributed by atoms with Gasteiger partial charge in [0.15, 0.2) is 5.78 Å². The molecule has 0 atom stereocenters. The van der Waals surface area contributed by atoms with E-state index in [0.717, 1.165) is 49.2 Å². The number of hydrogen-bond donors (Lipinski definition) is 1. The lowest BCUT2D eigenvalue weighted by Crippen LogP contribution is -2.47. The van der Waals surface area contributed by atoms with Gasteiger partial charge in [0.05, 0.1) is 6.54 Å². The molecule has 26 heavy (non-hydrogen) atoms. The van der Waals surface area contributed by atoms with Gasteiger partial charge in [0.25, 0.3) is 0 Å². The number of nitrogens with one attached hydrogen (secondary N) is 1. The lowest BCUT2D eigenvalue weighted by atomic mass is 10.1. The van der Waals surface area contributed by atoms with Crippen LogP contribution in [-0.2, 0) is 6.54 Å². The normalized spacial score (nSPS) is 16.2. The van der Waals surface area contributed by atoms with Gasteiger partial charge in [-0.2, -0.15) is 0 Å². The maximum atomic E-state index is 12.8. The molecule has 1 aliphatic rings. The maximum Gasteiger partial charge on any atom is 0.178 e. The summed E-state index contributed by atoms with van der Waals surface area (Å²) >= 11 is 0. The number of carbonyl (C=O) groups excluding carboxylic acids is 1. The molecule has 1 aliphatic heterocycles. The number of hydrogen-bond acceptors (Lipinski definition) is 3. The minimum Gasteiger partial charge on any atom is -0.360 e. The van der Waals surface area contributed by atoms with Crippen LogP contribution in [0.2, 0.25) is 0 Å². The Morgan fingerprint density at radius 2 is 1.73 bits per heavy atom. The van der Waals surface area contributed by atoms with Crippen LogP contribution in [0.25, 0.3) is 10.9 Å². The van der Waals surface area contributed by atoms with Gasteiger partial charge in [-0.1, -0.05) is 42.0 Å². The van der Waals surface area contributed by atoms with Crippen molar-refractivity contribution >= 4 is 16.7 Å². The molecule has 0 amide bonds. The van der Waals surface area contributed by atoms with Crippen LogP contribution in [0.4, 0.5) is 0 Å². The van der Waals surface area contributed by atoms with E-state index in [-0.39, 0.29) is 5.78 Å². The van der Waals surface area contributed by atoms with Gasteiger partial charge >= 0.3 is 0 Å². The van der Waals surface area contributed by atoms with E-state index in [0.29, 0.717) is 6.54 Å². The lowest BCUT2D eigenvalue weighted by molar-refractivity contribution is 0.0845. The van der Waals surface area contributed by atoms with Gasteiger partial charge in [-0.05, 0) is 24.6 Å². The van der Waals surface area contributed by atoms with E-state index in [1.807, 2.05) is 12.3 Å². The predicted molar refractivity (Wildman–Crippen MR) is 106 cm³/mol. The van der Waals surface area contributed by atoms with Gasteiger partial charge in [-0.25, -0.2) is 0 Å².